The number of halogens is 3. The Labute approximate surface area is 190 Å². The normalized spacial score (nSPS) is 17.8. The molecule has 1 amide bonds. The number of amides is 1. The van der Waals surface area contributed by atoms with E-state index in [4.69, 9.17) is 5.73 Å². The zero-order chi connectivity index (χ0) is 23.4. The first-order valence-electron chi connectivity index (χ1n) is 11.1. The SMILES string of the molecule is NC(=O)c1ncc(N2CCCCC2)nc1Nc1ccc(N2CCN(CC(F)(F)F)CC2)cc1. The van der Waals surface area contributed by atoms with Crippen LogP contribution in [0.15, 0.2) is 30.5 Å². The average Bonchev–Trinajstić information content (AvgIpc) is 2.79. The van der Waals surface area contributed by atoms with Crippen molar-refractivity contribution in [3.63, 3.8) is 0 Å². The van der Waals surface area contributed by atoms with E-state index in [0.717, 1.165) is 31.6 Å². The Hall–Kier alpha value is -3.08. The zero-order valence-electron chi connectivity index (χ0n) is 18.3. The molecule has 0 atom stereocenters. The van der Waals surface area contributed by atoms with Gasteiger partial charge in [-0.1, -0.05) is 0 Å². The topological polar surface area (TPSA) is 90.6 Å². The molecule has 11 heteroatoms. The number of piperazine rings is 1. The molecular formula is C22H28F3N7O. The van der Waals surface area contributed by atoms with Gasteiger partial charge in [0.05, 0.1) is 12.7 Å². The van der Waals surface area contributed by atoms with Crippen molar-refractivity contribution in [1.29, 1.82) is 0 Å². The number of alkyl halides is 3. The van der Waals surface area contributed by atoms with Crippen LogP contribution in [0.4, 0.5) is 36.2 Å². The molecule has 2 fully saturated rings. The number of carbonyl (C=O) groups excluding carboxylic acids is 1. The van der Waals surface area contributed by atoms with Gasteiger partial charge in [0.15, 0.2) is 11.5 Å². The van der Waals surface area contributed by atoms with E-state index in [1.54, 1.807) is 6.20 Å². The summed E-state index contributed by atoms with van der Waals surface area (Å²) in [6, 6.07) is 7.48. The number of benzene rings is 1. The van der Waals surface area contributed by atoms with Crippen molar-refractivity contribution in [3.8, 4) is 0 Å². The highest BCUT2D eigenvalue weighted by Crippen LogP contribution is 2.26. The molecule has 4 rings (SSSR count). The minimum Gasteiger partial charge on any atom is -0.369 e. The molecule has 2 aromatic rings. The fourth-order valence-corrected chi connectivity index (χ4v) is 4.23. The van der Waals surface area contributed by atoms with E-state index >= 15 is 0 Å². The van der Waals surface area contributed by atoms with Gasteiger partial charge in [0, 0.05) is 50.6 Å². The van der Waals surface area contributed by atoms with Crippen LogP contribution in [0.2, 0.25) is 0 Å². The third kappa shape index (κ3) is 6.04. The molecule has 0 aliphatic carbocycles. The molecule has 8 nitrogen and oxygen atoms in total. The Morgan fingerprint density at radius 1 is 0.970 bits per heavy atom. The van der Waals surface area contributed by atoms with Gasteiger partial charge in [-0.3, -0.25) is 9.69 Å². The van der Waals surface area contributed by atoms with Crippen LogP contribution >= 0.6 is 0 Å². The lowest BCUT2D eigenvalue weighted by Crippen LogP contribution is -2.49. The summed E-state index contributed by atoms with van der Waals surface area (Å²) >= 11 is 0. The second-order valence-electron chi connectivity index (χ2n) is 8.39. The quantitative estimate of drug-likeness (QED) is 0.681. The van der Waals surface area contributed by atoms with Crippen molar-refractivity contribution in [2.75, 3.05) is 60.9 Å². The van der Waals surface area contributed by atoms with Crippen LogP contribution in [0.5, 0.6) is 0 Å². The molecule has 0 bridgehead atoms. The molecule has 0 spiro atoms. The van der Waals surface area contributed by atoms with Crippen molar-refractivity contribution < 1.29 is 18.0 Å². The summed E-state index contributed by atoms with van der Waals surface area (Å²) in [5.41, 5.74) is 7.20. The first-order chi connectivity index (χ1) is 15.8. The minimum absolute atomic E-state index is 0.0700. The zero-order valence-corrected chi connectivity index (χ0v) is 18.3. The number of hydrogen-bond donors (Lipinski definition) is 2. The molecule has 1 aromatic carbocycles. The molecule has 3 N–H and O–H groups in total. The van der Waals surface area contributed by atoms with Crippen molar-refractivity contribution in [2.45, 2.75) is 25.4 Å². The predicted octanol–water partition coefficient (Wildman–Crippen LogP) is 2.99. The maximum Gasteiger partial charge on any atom is 0.401 e. The number of hydrogen-bond acceptors (Lipinski definition) is 7. The summed E-state index contributed by atoms with van der Waals surface area (Å²) in [5.74, 6) is 0.346. The summed E-state index contributed by atoms with van der Waals surface area (Å²) in [6.07, 6.45) is 0.783. The molecule has 0 radical (unpaired) electrons. The third-order valence-electron chi connectivity index (χ3n) is 5.94. The second kappa shape index (κ2) is 9.82. The molecule has 2 saturated heterocycles. The Bertz CT molecular complexity index is 953. The van der Waals surface area contributed by atoms with E-state index in [0.29, 0.717) is 43.5 Å². The van der Waals surface area contributed by atoms with Crippen molar-refractivity contribution in [3.05, 3.63) is 36.2 Å². The molecular weight excluding hydrogens is 435 g/mol. The Balaban J connectivity index is 1.43. The van der Waals surface area contributed by atoms with E-state index in [2.05, 4.69) is 25.1 Å². The number of primary amides is 1. The number of nitrogens with one attached hydrogen (secondary N) is 1. The lowest BCUT2D eigenvalue weighted by Gasteiger charge is -2.36. The largest absolute Gasteiger partial charge is 0.401 e. The van der Waals surface area contributed by atoms with Gasteiger partial charge >= 0.3 is 6.18 Å². The van der Waals surface area contributed by atoms with Gasteiger partial charge in [-0.15, -0.1) is 0 Å². The third-order valence-corrected chi connectivity index (χ3v) is 5.94. The van der Waals surface area contributed by atoms with Crippen molar-refractivity contribution in [2.24, 2.45) is 5.73 Å². The number of nitrogens with zero attached hydrogens (tertiary/aromatic N) is 5. The lowest BCUT2D eigenvalue weighted by molar-refractivity contribution is -0.146. The summed E-state index contributed by atoms with van der Waals surface area (Å²) in [5, 5.41) is 3.14. The maximum absolute atomic E-state index is 12.6. The van der Waals surface area contributed by atoms with Gasteiger partial charge in [-0.25, -0.2) is 9.97 Å². The van der Waals surface area contributed by atoms with Crippen molar-refractivity contribution >= 4 is 28.9 Å². The fourth-order valence-electron chi connectivity index (χ4n) is 4.23. The molecule has 178 valence electrons. The molecule has 33 heavy (non-hydrogen) atoms. The van der Waals surface area contributed by atoms with Gasteiger partial charge in [0.1, 0.15) is 5.82 Å². The van der Waals surface area contributed by atoms with Crippen LogP contribution in [0.1, 0.15) is 29.8 Å². The fraction of sp³-hybridized carbons (Fsp3) is 0.500. The summed E-state index contributed by atoms with van der Waals surface area (Å²) < 4.78 is 37.8. The maximum atomic E-state index is 12.6. The summed E-state index contributed by atoms with van der Waals surface area (Å²) in [7, 11) is 0. The number of aromatic nitrogens is 2. The molecule has 0 unspecified atom stereocenters. The Kier molecular flexibility index (Phi) is 6.87. The monoisotopic (exact) mass is 463 g/mol. The van der Waals surface area contributed by atoms with E-state index in [1.165, 1.54) is 11.3 Å². The molecule has 3 heterocycles. The number of piperidine rings is 1. The van der Waals surface area contributed by atoms with Gasteiger partial charge in [-0.05, 0) is 43.5 Å². The minimum atomic E-state index is -4.17. The highest BCUT2D eigenvalue weighted by molar-refractivity contribution is 5.96. The van der Waals surface area contributed by atoms with Gasteiger partial charge in [0.25, 0.3) is 5.91 Å². The summed E-state index contributed by atoms with van der Waals surface area (Å²) in [4.78, 5) is 26.3. The van der Waals surface area contributed by atoms with Crippen LogP contribution in [0, 0.1) is 0 Å². The van der Waals surface area contributed by atoms with E-state index in [1.807, 2.05) is 24.3 Å². The van der Waals surface area contributed by atoms with Crippen LogP contribution in [-0.4, -0.2) is 72.8 Å². The number of anilines is 4. The highest BCUT2D eigenvalue weighted by Gasteiger charge is 2.32. The number of rotatable bonds is 6. The standard InChI is InChI=1S/C22H28F3N7O/c23-22(24,25)15-30-10-12-31(13-11-30)17-6-4-16(5-7-17)28-21-19(20(26)33)27-14-18(29-21)32-8-2-1-3-9-32/h4-7,14H,1-3,8-13,15H2,(H2,26,33)(H,28,29). The lowest BCUT2D eigenvalue weighted by atomic mass is 10.1. The summed E-state index contributed by atoms with van der Waals surface area (Å²) in [6.45, 7) is 2.70. The van der Waals surface area contributed by atoms with E-state index in [-0.39, 0.29) is 5.69 Å². The van der Waals surface area contributed by atoms with Gasteiger partial charge in [0.2, 0.25) is 0 Å². The number of nitrogens with two attached hydrogens (primary N) is 1. The van der Waals surface area contributed by atoms with Crippen LogP contribution < -0.4 is 20.9 Å². The van der Waals surface area contributed by atoms with Crippen LogP contribution in [-0.2, 0) is 0 Å². The van der Waals surface area contributed by atoms with Gasteiger partial charge < -0.3 is 20.9 Å². The van der Waals surface area contributed by atoms with Crippen LogP contribution in [0.25, 0.3) is 0 Å². The van der Waals surface area contributed by atoms with Gasteiger partial charge in [-0.2, -0.15) is 13.2 Å². The molecule has 2 aliphatic heterocycles. The molecule has 2 aliphatic rings. The number of carbonyl (C=O) groups is 1. The smallest absolute Gasteiger partial charge is 0.369 e. The first kappa shape index (κ1) is 23.1. The highest BCUT2D eigenvalue weighted by atomic mass is 19.4. The Morgan fingerprint density at radius 2 is 1.64 bits per heavy atom. The van der Waals surface area contributed by atoms with Crippen molar-refractivity contribution in [1.82, 2.24) is 14.9 Å². The average molecular weight is 464 g/mol. The van der Waals surface area contributed by atoms with Crippen LogP contribution in [0.3, 0.4) is 0 Å². The van der Waals surface area contributed by atoms with E-state index in [9.17, 15) is 18.0 Å². The Morgan fingerprint density at radius 3 is 2.24 bits per heavy atom. The molecule has 0 saturated carbocycles. The first-order valence-corrected chi connectivity index (χ1v) is 11.1. The second-order valence-corrected chi connectivity index (χ2v) is 8.39. The molecule has 1 aromatic heterocycles. The predicted molar refractivity (Wildman–Crippen MR) is 121 cm³/mol. The van der Waals surface area contributed by atoms with E-state index < -0.39 is 18.6 Å².